The van der Waals surface area contributed by atoms with E-state index in [-0.39, 0.29) is 11.8 Å². The molecular formula is C20H19F3N4O2. The molecule has 0 aliphatic carbocycles. The predicted octanol–water partition coefficient (Wildman–Crippen LogP) is 3.77. The smallest absolute Gasteiger partial charge is 0.422 e. The molecule has 3 aromatic rings. The highest BCUT2D eigenvalue weighted by molar-refractivity contribution is 5.62. The zero-order valence-corrected chi connectivity index (χ0v) is 15.8. The van der Waals surface area contributed by atoms with Crippen molar-refractivity contribution in [2.24, 2.45) is 5.92 Å². The third-order valence-electron chi connectivity index (χ3n) is 4.44. The van der Waals surface area contributed by atoms with Gasteiger partial charge in [-0.3, -0.25) is 4.98 Å². The maximum Gasteiger partial charge on any atom is 0.422 e. The van der Waals surface area contributed by atoms with Crippen LogP contribution in [0.25, 0.3) is 11.1 Å². The van der Waals surface area contributed by atoms with Crippen LogP contribution in [-0.4, -0.2) is 37.8 Å². The molecule has 9 heteroatoms. The number of halogens is 3. The van der Waals surface area contributed by atoms with E-state index in [2.05, 4.69) is 24.7 Å². The van der Waals surface area contributed by atoms with Crippen LogP contribution in [0.3, 0.4) is 0 Å². The van der Waals surface area contributed by atoms with Crippen LogP contribution in [0.4, 0.5) is 13.2 Å². The van der Waals surface area contributed by atoms with E-state index in [0.29, 0.717) is 22.4 Å². The second-order valence-corrected chi connectivity index (χ2v) is 6.77. The zero-order chi connectivity index (χ0) is 21.1. The summed E-state index contributed by atoms with van der Waals surface area (Å²) in [7, 11) is 0. The minimum absolute atomic E-state index is 0.117. The Morgan fingerprint density at radius 1 is 0.931 bits per heavy atom. The summed E-state index contributed by atoms with van der Waals surface area (Å²) in [5.41, 5.74) is 0.943. The van der Waals surface area contributed by atoms with Gasteiger partial charge in [-0.05, 0) is 18.1 Å². The highest BCUT2D eigenvalue weighted by Gasteiger charge is 2.37. The Bertz CT molecular complexity index is 933. The molecule has 1 N–H and O–H groups in total. The van der Waals surface area contributed by atoms with Crippen LogP contribution in [0.5, 0.6) is 5.88 Å². The van der Waals surface area contributed by atoms with Crippen molar-refractivity contribution >= 4 is 0 Å². The number of rotatable bonds is 6. The summed E-state index contributed by atoms with van der Waals surface area (Å²) in [6.45, 7) is 2.34. The Balaban J connectivity index is 1.82. The van der Waals surface area contributed by atoms with Gasteiger partial charge < -0.3 is 9.84 Å². The van der Waals surface area contributed by atoms with Crippen molar-refractivity contribution in [2.45, 2.75) is 25.6 Å². The molecule has 0 amide bonds. The van der Waals surface area contributed by atoms with Crippen molar-refractivity contribution in [3.8, 4) is 17.0 Å². The van der Waals surface area contributed by atoms with Gasteiger partial charge in [-0.2, -0.15) is 13.2 Å². The number of nitrogens with zero attached hydrogens (tertiary/aromatic N) is 4. The second-order valence-electron chi connectivity index (χ2n) is 6.77. The topological polar surface area (TPSA) is 81.0 Å². The minimum Gasteiger partial charge on any atom is -0.468 e. The van der Waals surface area contributed by atoms with Crippen molar-refractivity contribution in [1.82, 2.24) is 19.9 Å². The van der Waals surface area contributed by atoms with Crippen molar-refractivity contribution in [3.63, 3.8) is 0 Å². The molecule has 0 fully saturated rings. The molecule has 152 valence electrons. The summed E-state index contributed by atoms with van der Waals surface area (Å²) in [5.74, 6) is -0.313. The molecule has 3 heterocycles. The summed E-state index contributed by atoms with van der Waals surface area (Å²) >= 11 is 0. The lowest BCUT2D eigenvalue weighted by Gasteiger charge is -2.31. The van der Waals surface area contributed by atoms with Crippen LogP contribution < -0.4 is 4.74 Å². The number of pyridine rings is 2. The van der Waals surface area contributed by atoms with E-state index in [1.165, 1.54) is 18.6 Å². The van der Waals surface area contributed by atoms with Gasteiger partial charge in [0, 0.05) is 47.5 Å². The van der Waals surface area contributed by atoms with Gasteiger partial charge in [0.1, 0.15) is 11.9 Å². The second kappa shape index (κ2) is 8.12. The highest BCUT2D eigenvalue weighted by atomic mass is 19.4. The molecule has 3 rings (SSSR count). The van der Waals surface area contributed by atoms with Crippen LogP contribution in [-0.2, 0) is 5.60 Å². The largest absolute Gasteiger partial charge is 0.468 e. The Morgan fingerprint density at radius 3 is 2.03 bits per heavy atom. The molecule has 0 radical (unpaired) electrons. The SMILES string of the molecule is CC(C)C(O)(c1cncnc1)c1ccc(-c2ccc(OCC(F)(F)F)nc2)cn1. The lowest BCUT2D eigenvalue weighted by atomic mass is 9.81. The molecule has 1 atom stereocenters. The first-order chi connectivity index (χ1) is 13.7. The minimum atomic E-state index is -4.42. The fraction of sp³-hybridized carbons (Fsp3) is 0.300. The lowest BCUT2D eigenvalue weighted by Crippen LogP contribution is -2.34. The molecule has 0 saturated carbocycles. The molecule has 6 nitrogen and oxygen atoms in total. The van der Waals surface area contributed by atoms with Crippen LogP contribution in [0.2, 0.25) is 0 Å². The molecule has 1 unspecified atom stereocenters. The number of hydrogen-bond acceptors (Lipinski definition) is 6. The summed E-state index contributed by atoms with van der Waals surface area (Å²) in [5, 5.41) is 11.3. The van der Waals surface area contributed by atoms with E-state index in [0.717, 1.165) is 0 Å². The number of alkyl halides is 3. The van der Waals surface area contributed by atoms with E-state index in [9.17, 15) is 18.3 Å². The van der Waals surface area contributed by atoms with Gasteiger partial charge in [-0.15, -0.1) is 0 Å². The Hall–Kier alpha value is -3.07. The van der Waals surface area contributed by atoms with Gasteiger partial charge in [0.05, 0.1) is 5.69 Å². The molecule has 0 aliphatic rings. The van der Waals surface area contributed by atoms with Crippen molar-refractivity contribution < 1.29 is 23.0 Å². The first-order valence-electron chi connectivity index (χ1n) is 8.80. The fourth-order valence-electron chi connectivity index (χ4n) is 2.86. The molecule has 29 heavy (non-hydrogen) atoms. The van der Waals surface area contributed by atoms with Crippen molar-refractivity contribution in [3.05, 3.63) is 66.6 Å². The van der Waals surface area contributed by atoms with E-state index < -0.39 is 18.4 Å². The first-order valence-corrected chi connectivity index (χ1v) is 8.80. The number of ether oxygens (including phenoxy) is 1. The third-order valence-corrected chi connectivity index (χ3v) is 4.44. The Labute approximate surface area is 165 Å². The quantitative estimate of drug-likeness (QED) is 0.674. The summed E-state index contributed by atoms with van der Waals surface area (Å²) < 4.78 is 41.2. The fourth-order valence-corrected chi connectivity index (χ4v) is 2.86. The van der Waals surface area contributed by atoms with E-state index in [1.807, 2.05) is 13.8 Å². The van der Waals surface area contributed by atoms with Gasteiger partial charge in [-0.25, -0.2) is 15.0 Å². The predicted molar refractivity (Wildman–Crippen MR) is 98.9 cm³/mol. The van der Waals surface area contributed by atoms with Crippen molar-refractivity contribution in [2.75, 3.05) is 6.61 Å². The average molecular weight is 404 g/mol. The highest BCUT2D eigenvalue weighted by Crippen LogP contribution is 2.35. The normalized spacial score (nSPS) is 13.9. The molecule has 0 saturated heterocycles. The Kier molecular flexibility index (Phi) is 5.78. The number of aliphatic hydroxyl groups is 1. The van der Waals surface area contributed by atoms with Crippen LogP contribution in [0.15, 0.2) is 55.4 Å². The summed E-state index contributed by atoms with van der Waals surface area (Å²) in [6, 6.07) is 6.40. The number of aromatic nitrogens is 4. The summed E-state index contributed by atoms with van der Waals surface area (Å²) in [6.07, 6.45) is 3.03. The van der Waals surface area contributed by atoms with Gasteiger partial charge >= 0.3 is 6.18 Å². The average Bonchev–Trinajstić information content (AvgIpc) is 2.72. The van der Waals surface area contributed by atoms with Crippen LogP contribution >= 0.6 is 0 Å². The molecule has 0 bridgehead atoms. The monoisotopic (exact) mass is 404 g/mol. The Morgan fingerprint density at radius 2 is 1.55 bits per heavy atom. The third kappa shape index (κ3) is 4.68. The van der Waals surface area contributed by atoms with Crippen LogP contribution in [0, 0.1) is 5.92 Å². The molecule has 0 aliphatic heterocycles. The maximum absolute atomic E-state index is 12.2. The van der Waals surface area contributed by atoms with E-state index in [1.54, 1.807) is 36.8 Å². The van der Waals surface area contributed by atoms with Crippen LogP contribution in [0.1, 0.15) is 25.1 Å². The standard InChI is InChI=1S/C20H19F3N4O2/c1-13(2)20(28,16-9-24-12-25-10-16)17-5-3-14(7-26-17)15-4-6-18(27-8-15)29-11-19(21,22)23/h3-10,12-13,28H,11H2,1-2H3. The van der Waals surface area contributed by atoms with Gasteiger partial charge in [0.2, 0.25) is 5.88 Å². The maximum atomic E-state index is 12.2. The zero-order valence-electron chi connectivity index (χ0n) is 15.8. The lowest BCUT2D eigenvalue weighted by molar-refractivity contribution is -0.154. The van der Waals surface area contributed by atoms with Gasteiger partial charge in [0.25, 0.3) is 0 Å². The summed E-state index contributed by atoms with van der Waals surface area (Å²) in [4.78, 5) is 16.2. The molecule has 3 aromatic heterocycles. The molecular weight excluding hydrogens is 385 g/mol. The molecule has 0 aromatic carbocycles. The van der Waals surface area contributed by atoms with Gasteiger partial charge in [-0.1, -0.05) is 19.9 Å². The first kappa shape index (κ1) is 20.7. The van der Waals surface area contributed by atoms with Crippen molar-refractivity contribution in [1.29, 1.82) is 0 Å². The van der Waals surface area contributed by atoms with E-state index in [4.69, 9.17) is 0 Å². The van der Waals surface area contributed by atoms with Gasteiger partial charge in [0.15, 0.2) is 6.61 Å². The van der Waals surface area contributed by atoms with E-state index >= 15 is 0 Å². The number of hydrogen-bond donors (Lipinski definition) is 1. The molecule has 0 spiro atoms.